The third-order valence-electron chi connectivity index (χ3n) is 3.12. The molecule has 0 saturated heterocycles. The van der Waals surface area contributed by atoms with E-state index in [-0.39, 0.29) is 6.04 Å². The normalized spacial score (nSPS) is 18.9. The Labute approximate surface area is 108 Å². The van der Waals surface area contributed by atoms with E-state index in [9.17, 15) is 0 Å². The Hall–Kier alpha value is -1.71. The summed E-state index contributed by atoms with van der Waals surface area (Å²) in [5.41, 5.74) is 7.16. The van der Waals surface area contributed by atoms with Crippen molar-refractivity contribution >= 4 is 5.96 Å². The lowest BCUT2D eigenvalue weighted by Gasteiger charge is -2.26. The van der Waals surface area contributed by atoms with Crippen LogP contribution in [0.4, 0.5) is 0 Å². The molecule has 1 aliphatic heterocycles. The summed E-state index contributed by atoms with van der Waals surface area (Å²) in [6, 6.07) is 8.47. The second kappa shape index (κ2) is 5.76. The molecular weight excluding hydrogens is 226 g/mol. The van der Waals surface area contributed by atoms with Crippen molar-refractivity contribution in [1.29, 1.82) is 0 Å². The first-order chi connectivity index (χ1) is 8.76. The van der Waals surface area contributed by atoms with Crippen LogP contribution in [-0.4, -0.2) is 30.6 Å². The zero-order valence-corrected chi connectivity index (χ0v) is 11.1. The van der Waals surface area contributed by atoms with E-state index in [0.717, 1.165) is 25.3 Å². The monoisotopic (exact) mass is 247 g/mol. The molecule has 2 N–H and O–H groups in total. The molecule has 1 aromatic carbocycles. The van der Waals surface area contributed by atoms with Crippen molar-refractivity contribution in [2.45, 2.75) is 26.3 Å². The van der Waals surface area contributed by atoms with Gasteiger partial charge in [0.25, 0.3) is 0 Å². The van der Waals surface area contributed by atoms with Crippen molar-refractivity contribution in [2.24, 2.45) is 10.7 Å². The summed E-state index contributed by atoms with van der Waals surface area (Å²) in [7, 11) is 0. The molecule has 1 unspecified atom stereocenters. The summed E-state index contributed by atoms with van der Waals surface area (Å²) in [5.74, 6) is 1.57. The van der Waals surface area contributed by atoms with Gasteiger partial charge in [0.2, 0.25) is 0 Å². The van der Waals surface area contributed by atoms with E-state index >= 15 is 0 Å². The Morgan fingerprint density at radius 2 is 2.28 bits per heavy atom. The maximum absolute atomic E-state index is 5.93. The van der Waals surface area contributed by atoms with E-state index in [1.165, 1.54) is 5.56 Å². The Bertz CT molecular complexity index is 431. The van der Waals surface area contributed by atoms with E-state index in [2.05, 4.69) is 28.9 Å². The number of guanidine groups is 1. The molecule has 0 bridgehead atoms. The highest BCUT2D eigenvalue weighted by Crippen LogP contribution is 2.28. The highest BCUT2D eigenvalue weighted by Gasteiger charge is 2.26. The number of hydrogen-bond acceptors (Lipinski definition) is 4. The van der Waals surface area contributed by atoms with Crippen LogP contribution in [0.5, 0.6) is 5.75 Å². The Morgan fingerprint density at radius 3 is 3.00 bits per heavy atom. The Balaban J connectivity index is 2.18. The maximum atomic E-state index is 5.93. The van der Waals surface area contributed by atoms with Crippen molar-refractivity contribution in [3.05, 3.63) is 29.8 Å². The number of benzene rings is 1. The molecule has 0 amide bonds. The van der Waals surface area contributed by atoms with Gasteiger partial charge in [0.15, 0.2) is 5.96 Å². The number of ether oxygens (including phenoxy) is 1. The van der Waals surface area contributed by atoms with Gasteiger partial charge in [-0.05, 0) is 31.0 Å². The largest absolute Gasteiger partial charge is 0.494 e. The van der Waals surface area contributed by atoms with Crippen LogP contribution in [0.15, 0.2) is 29.3 Å². The molecule has 1 heterocycles. The van der Waals surface area contributed by atoms with Gasteiger partial charge in [-0.25, -0.2) is 0 Å². The van der Waals surface area contributed by atoms with E-state index in [0.29, 0.717) is 12.6 Å². The molecule has 0 radical (unpaired) electrons. The molecule has 0 aliphatic carbocycles. The molecule has 4 heteroatoms. The smallest absolute Gasteiger partial charge is 0.191 e. The van der Waals surface area contributed by atoms with Crippen LogP contribution in [0.2, 0.25) is 0 Å². The van der Waals surface area contributed by atoms with E-state index in [1.807, 2.05) is 19.1 Å². The highest BCUT2D eigenvalue weighted by molar-refractivity contribution is 5.80. The van der Waals surface area contributed by atoms with Gasteiger partial charge in [0, 0.05) is 6.54 Å². The van der Waals surface area contributed by atoms with Crippen LogP contribution in [0.1, 0.15) is 31.9 Å². The quantitative estimate of drug-likeness (QED) is 0.867. The molecule has 98 valence electrons. The topological polar surface area (TPSA) is 50.8 Å². The van der Waals surface area contributed by atoms with Crippen molar-refractivity contribution in [2.75, 3.05) is 19.7 Å². The molecule has 1 aromatic rings. The summed E-state index contributed by atoms with van der Waals surface area (Å²) in [6.45, 7) is 6.51. The number of hydrogen-bond donors (Lipinski definition) is 1. The van der Waals surface area contributed by atoms with E-state index < -0.39 is 0 Å². The lowest BCUT2D eigenvalue weighted by Crippen LogP contribution is -2.36. The predicted octanol–water partition coefficient (Wildman–Crippen LogP) is 2.17. The molecule has 4 nitrogen and oxygen atoms in total. The minimum Gasteiger partial charge on any atom is -0.494 e. The van der Waals surface area contributed by atoms with Crippen LogP contribution >= 0.6 is 0 Å². The molecule has 18 heavy (non-hydrogen) atoms. The molecule has 0 fully saturated rings. The third-order valence-corrected chi connectivity index (χ3v) is 3.12. The summed E-state index contributed by atoms with van der Waals surface area (Å²) < 4.78 is 5.54. The summed E-state index contributed by atoms with van der Waals surface area (Å²) >= 11 is 0. The average Bonchev–Trinajstić information content (AvgIpc) is 2.73. The lowest BCUT2D eigenvalue weighted by atomic mass is 10.1. The number of rotatable bonds is 5. The fourth-order valence-electron chi connectivity index (χ4n) is 2.30. The van der Waals surface area contributed by atoms with E-state index in [1.54, 1.807) is 0 Å². The minimum atomic E-state index is 0.255. The molecule has 1 aliphatic rings. The standard InChI is InChI=1S/C14H21N3O/c1-3-8-17-13(10-16-14(17)15)11-6-5-7-12(9-11)18-4-2/h5-7,9,13H,3-4,8,10H2,1-2H3,(H2,15,16). The summed E-state index contributed by atoms with van der Waals surface area (Å²) in [4.78, 5) is 6.52. The average molecular weight is 247 g/mol. The fraction of sp³-hybridized carbons (Fsp3) is 0.500. The minimum absolute atomic E-state index is 0.255. The van der Waals surface area contributed by atoms with Crippen molar-refractivity contribution in [1.82, 2.24) is 4.90 Å². The first-order valence-corrected chi connectivity index (χ1v) is 6.55. The van der Waals surface area contributed by atoms with Crippen molar-refractivity contribution in [3.8, 4) is 5.75 Å². The third kappa shape index (κ3) is 2.58. The Kier molecular flexibility index (Phi) is 4.07. The van der Waals surface area contributed by atoms with Crippen molar-refractivity contribution < 1.29 is 4.74 Å². The van der Waals surface area contributed by atoms with Gasteiger partial charge in [0.1, 0.15) is 5.75 Å². The maximum Gasteiger partial charge on any atom is 0.191 e. The molecule has 0 spiro atoms. The lowest BCUT2D eigenvalue weighted by molar-refractivity contribution is 0.331. The van der Waals surface area contributed by atoms with Crippen LogP contribution < -0.4 is 10.5 Å². The van der Waals surface area contributed by atoms with Crippen molar-refractivity contribution in [3.63, 3.8) is 0 Å². The highest BCUT2D eigenvalue weighted by atomic mass is 16.5. The number of nitrogens with zero attached hydrogens (tertiary/aromatic N) is 2. The summed E-state index contributed by atoms with van der Waals surface area (Å²) in [6.07, 6.45) is 1.07. The van der Waals surface area contributed by atoms with Gasteiger partial charge in [-0.2, -0.15) is 0 Å². The van der Waals surface area contributed by atoms with Crippen LogP contribution in [0, 0.1) is 0 Å². The molecule has 0 aromatic heterocycles. The van der Waals surface area contributed by atoms with Gasteiger partial charge >= 0.3 is 0 Å². The van der Waals surface area contributed by atoms with Gasteiger partial charge < -0.3 is 15.4 Å². The van der Waals surface area contributed by atoms with Gasteiger partial charge in [-0.3, -0.25) is 4.99 Å². The molecule has 1 atom stereocenters. The van der Waals surface area contributed by atoms with Crippen LogP contribution in [0.3, 0.4) is 0 Å². The Morgan fingerprint density at radius 1 is 1.44 bits per heavy atom. The molecule has 2 rings (SSSR count). The van der Waals surface area contributed by atoms with Crippen LogP contribution in [-0.2, 0) is 0 Å². The number of aliphatic imine (C=N–C) groups is 1. The summed E-state index contributed by atoms with van der Waals surface area (Å²) in [5, 5.41) is 0. The zero-order valence-electron chi connectivity index (χ0n) is 11.1. The second-order valence-electron chi connectivity index (χ2n) is 4.41. The zero-order chi connectivity index (χ0) is 13.0. The molecule has 0 saturated carbocycles. The van der Waals surface area contributed by atoms with Crippen LogP contribution in [0.25, 0.3) is 0 Å². The first kappa shape index (κ1) is 12.7. The van der Waals surface area contributed by atoms with E-state index in [4.69, 9.17) is 10.5 Å². The second-order valence-corrected chi connectivity index (χ2v) is 4.41. The first-order valence-electron chi connectivity index (χ1n) is 6.55. The van der Waals surface area contributed by atoms with Gasteiger partial charge in [-0.1, -0.05) is 19.1 Å². The SMILES string of the molecule is CCCN1C(N)=NCC1c1cccc(OCC)c1. The van der Waals surface area contributed by atoms with Gasteiger partial charge in [0.05, 0.1) is 19.2 Å². The number of nitrogens with two attached hydrogens (primary N) is 1. The van der Waals surface area contributed by atoms with Gasteiger partial charge in [-0.15, -0.1) is 0 Å². The fourth-order valence-corrected chi connectivity index (χ4v) is 2.30. The predicted molar refractivity (Wildman–Crippen MR) is 73.8 cm³/mol. The molecular formula is C14H21N3O.